The Morgan fingerprint density at radius 2 is 1.86 bits per heavy atom. The first-order chi connectivity index (χ1) is 9.77. The van der Waals surface area contributed by atoms with E-state index in [9.17, 15) is 8.42 Å². The smallest absolute Gasteiger partial charge is 0.238 e. The Bertz CT molecular complexity index is 782. The molecule has 0 aromatic heterocycles. The predicted molar refractivity (Wildman–Crippen MR) is 89.3 cm³/mol. The fourth-order valence-electron chi connectivity index (χ4n) is 1.67. The first kappa shape index (κ1) is 16.6. The minimum atomic E-state index is -3.76. The Balaban J connectivity index is 2.23. The van der Waals surface area contributed by atoms with Crippen molar-refractivity contribution in [3.8, 4) is 0 Å². The second-order valence-electron chi connectivity index (χ2n) is 4.28. The Morgan fingerprint density at radius 1 is 1.14 bits per heavy atom. The first-order valence-electron chi connectivity index (χ1n) is 5.77. The van der Waals surface area contributed by atoms with Crippen molar-refractivity contribution in [3.05, 3.63) is 56.5 Å². The summed E-state index contributed by atoms with van der Waals surface area (Å²) in [5.41, 5.74) is 1.45. The van der Waals surface area contributed by atoms with E-state index in [1.54, 1.807) is 12.1 Å². The Kier molecular flexibility index (Phi) is 5.16. The molecule has 0 aliphatic rings. The molecular weight excluding hydrogens is 399 g/mol. The normalized spacial score (nSPS) is 11.4. The quantitative estimate of drug-likeness (QED) is 0.800. The van der Waals surface area contributed by atoms with Gasteiger partial charge in [-0.2, -0.15) is 0 Å². The van der Waals surface area contributed by atoms with Crippen LogP contribution in [0.1, 0.15) is 5.56 Å². The van der Waals surface area contributed by atoms with Crippen molar-refractivity contribution in [1.29, 1.82) is 0 Å². The standard InChI is InChI=1S/C13H11BrCl2N2O2S/c14-11-5-9(15)2-1-8(11)7-18-13-6-10(21(17,19)20)3-4-12(13)16/h1-6,18H,7H2,(H2,17,19,20). The molecule has 0 unspecified atom stereocenters. The third-order valence-electron chi connectivity index (χ3n) is 2.75. The molecule has 2 aromatic carbocycles. The van der Waals surface area contributed by atoms with Crippen molar-refractivity contribution in [2.24, 2.45) is 5.14 Å². The van der Waals surface area contributed by atoms with Gasteiger partial charge in [0.1, 0.15) is 0 Å². The minimum absolute atomic E-state index is 0.00423. The maximum atomic E-state index is 11.3. The fraction of sp³-hybridized carbons (Fsp3) is 0.0769. The Hall–Kier alpha value is -0.790. The molecule has 0 amide bonds. The van der Waals surface area contributed by atoms with Crippen LogP contribution in [-0.2, 0) is 16.6 Å². The van der Waals surface area contributed by atoms with Gasteiger partial charge in [0.05, 0.1) is 15.6 Å². The van der Waals surface area contributed by atoms with E-state index in [0.717, 1.165) is 10.0 Å². The van der Waals surface area contributed by atoms with Crippen LogP contribution in [0.3, 0.4) is 0 Å². The highest BCUT2D eigenvalue weighted by molar-refractivity contribution is 9.10. The van der Waals surface area contributed by atoms with Crippen molar-refractivity contribution < 1.29 is 8.42 Å². The molecule has 0 spiro atoms. The first-order valence-corrected chi connectivity index (χ1v) is 8.87. The SMILES string of the molecule is NS(=O)(=O)c1ccc(Cl)c(NCc2ccc(Cl)cc2Br)c1. The van der Waals surface area contributed by atoms with Gasteiger partial charge in [0.25, 0.3) is 0 Å². The van der Waals surface area contributed by atoms with Gasteiger partial charge in [-0.25, -0.2) is 13.6 Å². The summed E-state index contributed by atoms with van der Waals surface area (Å²) in [6, 6.07) is 9.66. The van der Waals surface area contributed by atoms with E-state index in [1.165, 1.54) is 18.2 Å². The molecule has 0 saturated carbocycles. The molecule has 8 heteroatoms. The monoisotopic (exact) mass is 408 g/mol. The number of primary sulfonamides is 1. The summed E-state index contributed by atoms with van der Waals surface area (Å²) in [6.45, 7) is 0.450. The molecule has 21 heavy (non-hydrogen) atoms. The van der Waals surface area contributed by atoms with Crippen molar-refractivity contribution in [1.82, 2.24) is 0 Å². The van der Waals surface area contributed by atoms with Gasteiger partial charge < -0.3 is 5.32 Å². The van der Waals surface area contributed by atoms with Crippen LogP contribution in [0.5, 0.6) is 0 Å². The maximum absolute atomic E-state index is 11.3. The highest BCUT2D eigenvalue weighted by atomic mass is 79.9. The molecule has 0 bridgehead atoms. The van der Waals surface area contributed by atoms with E-state index in [-0.39, 0.29) is 4.90 Å². The summed E-state index contributed by atoms with van der Waals surface area (Å²) in [5.74, 6) is 0. The van der Waals surface area contributed by atoms with Crippen molar-refractivity contribution >= 4 is 54.8 Å². The number of nitrogens with one attached hydrogen (secondary N) is 1. The summed E-state index contributed by atoms with van der Waals surface area (Å²) >= 11 is 15.3. The molecule has 112 valence electrons. The Morgan fingerprint density at radius 3 is 2.48 bits per heavy atom. The zero-order valence-corrected chi connectivity index (χ0v) is 14.5. The molecule has 2 aromatic rings. The van der Waals surface area contributed by atoms with E-state index < -0.39 is 10.0 Å². The lowest BCUT2D eigenvalue weighted by molar-refractivity contribution is 0.598. The van der Waals surface area contributed by atoms with Gasteiger partial charge in [0.2, 0.25) is 10.0 Å². The van der Waals surface area contributed by atoms with E-state index in [2.05, 4.69) is 21.2 Å². The molecule has 0 aliphatic heterocycles. The summed E-state index contributed by atoms with van der Waals surface area (Å²) in [5, 5.41) is 9.21. The minimum Gasteiger partial charge on any atom is -0.380 e. The van der Waals surface area contributed by atoms with Crippen molar-refractivity contribution in [3.63, 3.8) is 0 Å². The van der Waals surface area contributed by atoms with Gasteiger partial charge in [0.15, 0.2) is 0 Å². The van der Waals surface area contributed by atoms with E-state index in [0.29, 0.717) is 22.3 Å². The van der Waals surface area contributed by atoms with Crippen LogP contribution in [0.15, 0.2) is 45.8 Å². The molecule has 3 N–H and O–H groups in total. The largest absolute Gasteiger partial charge is 0.380 e. The molecule has 0 aliphatic carbocycles. The number of rotatable bonds is 4. The average Bonchev–Trinajstić information content (AvgIpc) is 2.38. The van der Waals surface area contributed by atoms with Gasteiger partial charge in [0, 0.05) is 16.0 Å². The van der Waals surface area contributed by atoms with E-state index in [4.69, 9.17) is 28.3 Å². The van der Waals surface area contributed by atoms with Crippen LogP contribution >= 0.6 is 39.1 Å². The van der Waals surface area contributed by atoms with Gasteiger partial charge in [-0.15, -0.1) is 0 Å². The van der Waals surface area contributed by atoms with Crippen molar-refractivity contribution in [2.45, 2.75) is 11.4 Å². The molecule has 2 rings (SSSR count). The summed E-state index contributed by atoms with van der Waals surface area (Å²) in [6.07, 6.45) is 0. The zero-order valence-electron chi connectivity index (χ0n) is 10.6. The zero-order chi connectivity index (χ0) is 15.6. The molecule has 0 radical (unpaired) electrons. The lowest BCUT2D eigenvalue weighted by atomic mass is 10.2. The summed E-state index contributed by atoms with van der Waals surface area (Å²) in [7, 11) is -3.76. The van der Waals surface area contributed by atoms with Gasteiger partial charge in [-0.3, -0.25) is 0 Å². The second-order valence-corrected chi connectivity index (χ2v) is 7.54. The van der Waals surface area contributed by atoms with E-state index >= 15 is 0 Å². The maximum Gasteiger partial charge on any atom is 0.238 e. The summed E-state index contributed by atoms with van der Waals surface area (Å²) in [4.78, 5) is 0.00423. The highest BCUT2D eigenvalue weighted by Crippen LogP contribution is 2.27. The second kappa shape index (κ2) is 6.54. The number of anilines is 1. The third kappa shape index (κ3) is 4.34. The lowest BCUT2D eigenvalue weighted by Crippen LogP contribution is -2.12. The van der Waals surface area contributed by atoms with Crippen LogP contribution in [0.25, 0.3) is 0 Å². The van der Waals surface area contributed by atoms with Gasteiger partial charge in [-0.1, -0.05) is 45.2 Å². The van der Waals surface area contributed by atoms with Gasteiger partial charge >= 0.3 is 0 Å². The van der Waals surface area contributed by atoms with E-state index in [1.807, 2.05) is 6.07 Å². The number of nitrogens with two attached hydrogens (primary N) is 1. The van der Waals surface area contributed by atoms with Crippen LogP contribution in [0.2, 0.25) is 10.0 Å². The number of halogens is 3. The molecule has 4 nitrogen and oxygen atoms in total. The van der Waals surface area contributed by atoms with Crippen LogP contribution in [0, 0.1) is 0 Å². The number of hydrogen-bond donors (Lipinski definition) is 2. The lowest BCUT2D eigenvalue weighted by Gasteiger charge is -2.11. The average molecular weight is 410 g/mol. The number of benzene rings is 2. The molecule has 0 saturated heterocycles. The number of hydrogen-bond acceptors (Lipinski definition) is 3. The molecule has 0 heterocycles. The topological polar surface area (TPSA) is 72.2 Å². The van der Waals surface area contributed by atoms with Gasteiger partial charge in [-0.05, 0) is 35.9 Å². The predicted octanol–water partition coefficient (Wildman–Crippen LogP) is 4.02. The third-order valence-corrected chi connectivity index (χ3v) is 4.96. The Labute approximate surface area is 141 Å². The fourth-order valence-corrected chi connectivity index (χ4v) is 3.22. The van der Waals surface area contributed by atoms with Crippen LogP contribution in [-0.4, -0.2) is 8.42 Å². The molecule has 0 fully saturated rings. The highest BCUT2D eigenvalue weighted by Gasteiger charge is 2.11. The summed E-state index contributed by atoms with van der Waals surface area (Å²) < 4.78 is 23.5. The van der Waals surface area contributed by atoms with Crippen molar-refractivity contribution in [2.75, 3.05) is 5.32 Å². The van der Waals surface area contributed by atoms with Crippen LogP contribution in [0.4, 0.5) is 5.69 Å². The molecular formula is C13H11BrCl2N2O2S. The molecule has 0 atom stereocenters. The number of sulfonamides is 1. The van der Waals surface area contributed by atoms with Crippen LogP contribution < -0.4 is 10.5 Å².